The third-order valence-electron chi connectivity index (χ3n) is 4.72. The molecular formula is C18H21ClN6O3S. The van der Waals surface area contributed by atoms with E-state index in [4.69, 9.17) is 15.2 Å². The molecule has 1 saturated heterocycles. The smallest absolute Gasteiger partial charge is 0.273 e. The fourth-order valence-electron chi connectivity index (χ4n) is 3.20. The number of piperazine rings is 1. The lowest BCUT2D eigenvalue weighted by molar-refractivity contribution is 0.0741. The average molecular weight is 437 g/mol. The van der Waals surface area contributed by atoms with Gasteiger partial charge in [0.25, 0.3) is 5.91 Å². The third kappa shape index (κ3) is 3.99. The highest BCUT2D eigenvalue weighted by atomic mass is 35.5. The SMILES string of the molecule is COc1cc2nc(N3CCN(C(=O)c4cscn4)CC3)nc(N)c2cc1OC.Cl. The minimum absolute atomic E-state index is 0. The number of carbonyl (C=O) groups excluding carboxylic acids is 1. The Balaban J connectivity index is 0.00000240. The molecule has 2 N–H and O–H groups in total. The Hall–Kier alpha value is -2.85. The van der Waals surface area contributed by atoms with Crippen LogP contribution in [0.5, 0.6) is 11.5 Å². The second kappa shape index (κ2) is 8.66. The number of methoxy groups -OCH3 is 2. The number of amides is 1. The molecule has 29 heavy (non-hydrogen) atoms. The minimum Gasteiger partial charge on any atom is -0.493 e. The largest absolute Gasteiger partial charge is 0.493 e. The van der Waals surface area contributed by atoms with E-state index in [0.29, 0.717) is 66.0 Å². The number of hydrogen-bond acceptors (Lipinski definition) is 9. The number of nitrogens with two attached hydrogens (primary N) is 1. The molecule has 1 aromatic carbocycles. The molecular weight excluding hydrogens is 416 g/mol. The molecule has 0 saturated carbocycles. The van der Waals surface area contributed by atoms with Crippen molar-refractivity contribution in [3.8, 4) is 11.5 Å². The molecule has 0 unspecified atom stereocenters. The van der Waals surface area contributed by atoms with E-state index in [1.165, 1.54) is 11.3 Å². The van der Waals surface area contributed by atoms with Crippen LogP contribution >= 0.6 is 23.7 Å². The van der Waals surface area contributed by atoms with Crippen molar-refractivity contribution in [1.29, 1.82) is 0 Å². The van der Waals surface area contributed by atoms with E-state index in [0.717, 1.165) is 0 Å². The number of rotatable bonds is 4. The Morgan fingerprint density at radius 3 is 2.41 bits per heavy atom. The summed E-state index contributed by atoms with van der Waals surface area (Å²) in [4.78, 5) is 29.5. The predicted octanol–water partition coefficient (Wildman–Crippen LogP) is 2.07. The number of thiazole rings is 1. The second-order valence-electron chi connectivity index (χ2n) is 6.29. The molecule has 3 heterocycles. The van der Waals surface area contributed by atoms with E-state index in [1.54, 1.807) is 42.1 Å². The molecule has 0 bridgehead atoms. The van der Waals surface area contributed by atoms with E-state index in [9.17, 15) is 4.79 Å². The van der Waals surface area contributed by atoms with Crippen LogP contribution in [0.4, 0.5) is 11.8 Å². The number of anilines is 2. The maximum atomic E-state index is 12.4. The summed E-state index contributed by atoms with van der Waals surface area (Å²) in [6.45, 7) is 2.38. The number of hydrogen-bond donors (Lipinski definition) is 1. The van der Waals surface area contributed by atoms with E-state index >= 15 is 0 Å². The molecule has 3 aromatic rings. The van der Waals surface area contributed by atoms with Gasteiger partial charge in [-0.1, -0.05) is 0 Å². The molecule has 1 aliphatic rings. The van der Waals surface area contributed by atoms with E-state index in [-0.39, 0.29) is 18.3 Å². The Bertz CT molecular complexity index is 1010. The highest BCUT2D eigenvalue weighted by Gasteiger charge is 2.25. The number of nitrogen functional groups attached to an aromatic ring is 1. The monoisotopic (exact) mass is 436 g/mol. The van der Waals surface area contributed by atoms with Crippen molar-refractivity contribution >= 4 is 52.3 Å². The highest BCUT2D eigenvalue weighted by Crippen LogP contribution is 2.34. The maximum absolute atomic E-state index is 12.4. The number of aromatic nitrogens is 3. The van der Waals surface area contributed by atoms with E-state index < -0.39 is 0 Å². The zero-order chi connectivity index (χ0) is 19.7. The summed E-state index contributed by atoms with van der Waals surface area (Å²) < 4.78 is 10.7. The Morgan fingerprint density at radius 2 is 1.79 bits per heavy atom. The average Bonchev–Trinajstić information content (AvgIpc) is 3.27. The quantitative estimate of drug-likeness (QED) is 0.662. The van der Waals surface area contributed by atoms with Crippen molar-refractivity contribution < 1.29 is 14.3 Å². The first kappa shape index (κ1) is 20.9. The number of carbonyl (C=O) groups is 1. The second-order valence-corrected chi connectivity index (χ2v) is 7.00. The van der Waals surface area contributed by atoms with Crippen LogP contribution in [0.3, 0.4) is 0 Å². The molecule has 0 spiro atoms. The molecule has 4 rings (SSSR count). The molecule has 0 atom stereocenters. The van der Waals surface area contributed by atoms with Gasteiger partial charge in [0.2, 0.25) is 5.95 Å². The van der Waals surface area contributed by atoms with Crippen molar-refractivity contribution in [2.45, 2.75) is 0 Å². The normalized spacial score (nSPS) is 13.9. The topological polar surface area (TPSA) is 107 Å². The molecule has 0 aliphatic carbocycles. The van der Waals surface area contributed by atoms with Crippen LogP contribution in [-0.4, -0.2) is 66.2 Å². The summed E-state index contributed by atoms with van der Waals surface area (Å²) in [5, 5.41) is 2.47. The molecule has 154 valence electrons. The first-order valence-electron chi connectivity index (χ1n) is 8.72. The van der Waals surface area contributed by atoms with Gasteiger partial charge in [-0.15, -0.1) is 23.7 Å². The first-order chi connectivity index (χ1) is 13.6. The lowest BCUT2D eigenvalue weighted by atomic mass is 10.2. The lowest BCUT2D eigenvalue weighted by Crippen LogP contribution is -2.49. The number of benzene rings is 1. The van der Waals surface area contributed by atoms with Gasteiger partial charge in [-0.25, -0.2) is 9.97 Å². The molecule has 1 amide bonds. The van der Waals surface area contributed by atoms with Gasteiger partial charge in [0.15, 0.2) is 11.5 Å². The fraction of sp³-hybridized carbons (Fsp3) is 0.333. The summed E-state index contributed by atoms with van der Waals surface area (Å²) >= 11 is 1.42. The summed E-state index contributed by atoms with van der Waals surface area (Å²) in [5.74, 6) is 2.03. The summed E-state index contributed by atoms with van der Waals surface area (Å²) in [7, 11) is 3.15. The van der Waals surface area contributed by atoms with Crippen LogP contribution in [0.25, 0.3) is 10.9 Å². The Morgan fingerprint density at radius 1 is 1.10 bits per heavy atom. The number of nitrogens with zero attached hydrogens (tertiary/aromatic N) is 5. The van der Waals surface area contributed by atoms with Crippen LogP contribution in [0.2, 0.25) is 0 Å². The molecule has 1 fully saturated rings. The van der Waals surface area contributed by atoms with Crippen LogP contribution < -0.4 is 20.1 Å². The summed E-state index contributed by atoms with van der Waals surface area (Å²) in [6, 6.07) is 3.56. The Labute approximate surface area is 177 Å². The number of halogens is 1. The number of ether oxygens (including phenoxy) is 2. The standard InChI is InChI=1S/C18H20N6O3S.ClH/c1-26-14-7-11-12(8-15(14)27-2)21-18(22-16(11)19)24-5-3-23(4-6-24)17(25)13-9-28-10-20-13;/h7-10H,3-6H2,1-2H3,(H2,19,21,22);1H. The van der Waals surface area contributed by atoms with Gasteiger partial charge >= 0.3 is 0 Å². The van der Waals surface area contributed by atoms with Gasteiger partial charge in [-0.05, 0) is 6.07 Å². The zero-order valence-corrected chi connectivity index (χ0v) is 17.6. The molecule has 9 nitrogen and oxygen atoms in total. The van der Waals surface area contributed by atoms with Crippen molar-refractivity contribution in [2.24, 2.45) is 0 Å². The Kier molecular flexibility index (Phi) is 6.23. The van der Waals surface area contributed by atoms with Gasteiger partial charge in [-0.3, -0.25) is 4.79 Å². The van der Waals surface area contributed by atoms with Crippen molar-refractivity contribution in [1.82, 2.24) is 19.9 Å². The van der Waals surface area contributed by atoms with E-state index in [1.807, 2.05) is 4.90 Å². The minimum atomic E-state index is -0.0447. The van der Waals surface area contributed by atoms with Gasteiger partial charge in [0, 0.05) is 43.0 Å². The molecule has 2 aromatic heterocycles. The van der Waals surface area contributed by atoms with Crippen molar-refractivity contribution in [2.75, 3.05) is 51.0 Å². The highest BCUT2D eigenvalue weighted by molar-refractivity contribution is 7.07. The van der Waals surface area contributed by atoms with Gasteiger partial charge in [0.1, 0.15) is 11.5 Å². The van der Waals surface area contributed by atoms with Crippen LogP contribution in [0, 0.1) is 0 Å². The fourth-order valence-corrected chi connectivity index (χ4v) is 3.72. The molecule has 0 radical (unpaired) electrons. The maximum Gasteiger partial charge on any atom is 0.273 e. The van der Waals surface area contributed by atoms with Gasteiger partial charge in [-0.2, -0.15) is 4.98 Å². The van der Waals surface area contributed by atoms with Crippen LogP contribution in [-0.2, 0) is 0 Å². The van der Waals surface area contributed by atoms with Crippen molar-refractivity contribution in [3.05, 3.63) is 28.7 Å². The summed E-state index contributed by atoms with van der Waals surface area (Å²) in [5.41, 5.74) is 9.01. The van der Waals surface area contributed by atoms with Crippen LogP contribution in [0.15, 0.2) is 23.0 Å². The molecule has 11 heteroatoms. The van der Waals surface area contributed by atoms with Crippen LogP contribution in [0.1, 0.15) is 10.5 Å². The predicted molar refractivity (Wildman–Crippen MR) is 115 cm³/mol. The lowest BCUT2D eigenvalue weighted by Gasteiger charge is -2.34. The van der Waals surface area contributed by atoms with E-state index in [2.05, 4.69) is 15.0 Å². The van der Waals surface area contributed by atoms with Gasteiger partial charge in [0.05, 0.1) is 25.2 Å². The summed E-state index contributed by atoms with van der Waals surface area (Å²) in [6.07, 6.45) is 0. The molecule has 1 aliphatic heterocycles. The number of fused-ring (bicyclic) bond motifs is 1. The third-order valence-corrected chi connectivity index (χ3v) is 5.31. The van der Waals surface area contributed by atoms with Crippen molar-refractivity contribution in [3.63, 3.8) is 0 Å². The zero-order valence-electron chi connectivity index (χ0n) is 16.0. The van der Waals surface area contributed by atoms with Gasteiger partial charge < -0.3 is 25.0 Å². The first-order valence-corrected chi connectivity index (χ1v) is 9.66.